The van der Waals surface area contributed by atoms with Crippen LogP contribution in [0.3, 0.4) is 0 Å². The highest BCUT2D eigenvalue weighted by molar-refractivity contribution is 5.99. The number of amidine groups is 1. The summed E-state index contributed by atoms with van der Waals surface area (Å²) in [4.78, 5) is 0. The summed E-state index contributed by atoms with van der Waals surface area (Å²) in [5, 5.41) is 11.8. The van der Waals surface area contributed by atoms with E-state index in [1.54, 1.807) is 0 Å². The molecule has 0 aliphatic heterocycles. The Morgan fingerprint density at radius 2 is 2.12 bits per heavy atom. The van der Waals surface area contributed by atoms with Crippen molar-refractivity contribution in [3.8, 4) is 5.75 Å². The van der Waals surface area contributed by atoms with Crippen molar-refractivity contribution in [3.63, 3.8) is 0 Å². The van der Waals surface area contributed by atoms with Gasteiger partial charge in [0, 0.05) is 0 Å². The molecule has 1 aromatic rings. The molecule has 0 aliphatic rings. The number of aryl methyl sites for hydroxylation is 1. The Hall–Kier alpha value is -1.71. The molecule has 4 nitrogen and oxygen atoms in total. The van der Waals surface area contributed by atoms with E-state index in [2.05, 4.69) is 12.1 Å². The van der Waals surface area contributed by atoms with Gasteiger partial charge >= 0.3 is 0 Å². The van der Waals surface area contributed by atoms with Gasteiger partial charge in [-0.15, -0.1) is 0 Å². The molecule has 17 heavy (non-hydrogen) atoms. The molecule has 0 saturated heterocycles. The molecule has 0 aliphatic carbocycles. The molecule has 0 spiro atoms. The lowest BCUT2D eigenvalue weighted by Crippen LogP contribution is -2.28. The van der Waals surface area contributed by atoms with E-state index in [4.69, 9.17) is 15.7 Å². The minimum absolute atomic E-state index is 0.0654. The Balaban J connectivity index is 3.15. The number of hydrogen-bond acceptors (Lipinski definition) is 3. The molecule has 0 heterocycles. The highest BCUT2D eigenvalue weighted by Gasteiger charge is 2.19. The summed E-state index contributed by atoms with van der Waals surface area (Å²) in [6, 6.07) is 5.63. The summed E-state index contributed by atoms with van der Waals surface area (Å²) < 4.78 is 5.89. The number of benzene rings is 1. The third-order valence-electron chi connectivity index (χ3n) is 2.76. The number of ether oxygens (including phenoxy) is 1. The van der Waals surface area contributed by atoms with Gasteiger partial charge in [0.1, 0.15) is 11.4 Å². The van der Waals surface area contributed by atoms with Gasteiger partial charge < -0.3 is 15.7 Å². The Morgan fingerprint density at radius 1 is 1.47 bits per heavy atom. The molecule has 0 atom stereocenters. The number of nitrogens with two attached hydrogens (primary N) is 1. The lowest BCUT2D eigenvalue weighted by Gasteiger charge is -2.26. The van der Waals surface area contributed by atoms with Crippen molar-refractivity contribution < 1.29 is 9.94 Å². The first kappa shape index (κ1) is 13.4. The van der Waals surface area contributed by atoms with Crippen molar-refractivity contribution >= 4 is 5.84 Å². The Kier molecular flexibility index (Phi) is 3.99. The van der Waals surface area contributed by atoms with E-state index in [1.165, 1.54) is 0 Å². The quantitative estimate of drug-likeness (QED) is 0.365. The third-order valence-corrected chi connectivity index (χ3v) is 2.76. The molecule has 0 amide bonds. The predicted molar refractivity (Wildman–Crippen MR) is 68.7 cm³/mol. The average Bonchev–Trinajstić information content (AvgIpc) is 2.30. The number of hydrogen-bond donors (Lipinski definition) is 2. The average molecular weight is 236 g/mol. The molecule has 1 rings (SSSR count). The van der Waals surface area contributed by atoms with Crippen LogP contribution in [-0.4, -0.2) is 16.6 Å². The molecule has 0 saturated carbocycles. The van der Waals surface area contributed by atoms with E-state index in [0.29, 0.717) is 11.3 Å². The van der Waals surface area contributed by atoms with Crippen LogP contribution in [0.25, 0.3) is 0 Å². The highest BCUT2D eigenvalue weighted by atomic mass is 16.5. The monoisotopic (exact) mass is 236 g/mol. The fourth-order valence-corrected chi connectivity index (χ4v) is 1.36. The Labute approximate surface area is 102 Å². The van der Waals surface area contributed by atoms with Crippen LogP contribution in [0.4, 0.5) is 0 Å². The second-order valence-electron chi connectivity index (χ2n) is 4.70. The first-order valence-electron chi connectivity index (χ1n) is 5.67. The molecule has 94 valence electrons. The first-order valence-corrected chi connectivity index (χ1v) is 5.67. The Bertz CT molecular complexity index is 425. The van der Waals surface area contributed by atoms with E-state index in [1.807, 2.05) is 39.0 Å². The maximum absolute atomic E-state index is 8.77. The molecular weight excluding hydrogens is 216 g/mol. The fourth-order valence-electron chi connectivity index (χ4n) is 1.36. The van der Waals surface area contributed by atoms with Gasteiger partial charge in [-0.2, -0.15) is 0 Å². The molecule has 0 bridgehead atoms. The second kappa shape index (κ2) is 5.08. The van der Waals surface area contributed by atoms with Crippen LogP contribution in [0.1, 0.15) is 38.3 Å². The van der Waals surface area contributed by atoms with Crippen LogP contribution < -0.4 is 10.5 Å². The third kappa shape index (κ3) is 3.37. The molecular formula is C13H20N2O2. The van der Waals surface area contributed by atoms with Crippen molar-refractivity contribution in [1.29, 1.82) is 0 Å². The van der Waals surface area contributed by atoms with E-state index in [9.17, 15) is 0 Å². The summed E-state index contributed by atoms with van der Waals surface area (Å²) in [5.74, 6) is 0.702. The van der Waals surface area contributed by atoms with Crippen molar-refractivity contribution in [1.82, 2.24) is 0 Å². The highest BCUT2D eigenvalue weighted by Crippen LogP contribution is 2.25. The van der Waals surface area contributed by atoms with Crippen LogP contribution in [0.15, 0.2) is 23.4 Å². The van der Waals surface area contributed by atoms with E-state index < -0.39 is 0 Å². The summed E-state index contributed by atoms with van der Waals surface area (Å²) in [6.07, 6.45) is 0.872. The standard InChI is InChI=1S/C13H20N2O2/c1-5-13(3,4)17-11-7-6-9(2)8-10(11)12(14)15-16/h6-8,16H,5H2,1-4H3,(H2,14,15). The maximum Gasteiger partial charge on any atom is 0.173 e. The fraction of sp³-hybridized carbons (Fsp3) is 0.462. The number of oxime groups is 1. The minimum Gasteiger partial charge on any atom is -0.487 e. The summed E-state index contributed by atoms with van der Waals surface area (Å²) in [5.41, 5.74) is 7.02. The van der Waals surface area contributed by atoms with Crippen LogP contribution >= 0.6 is 0 Å². The first-order chi connectivity index (χ1) is 7.89. The van der Waals surface area contributed by atoms with Gasteiger partial charge in [-0.25, -0.2) is 0 Å². The zero-order valence-corrected chi connectivity index (χ0v) is 10.8. The lowest BCUT2D eigenvalue weighted by atomic mass is 10.1. The van der Waals surface area contributed by atoms with Gasteiger partial charge in [0.2, 0.25) is 0 Å². The zero-order chi connectivity index (χ0) is 13.1. The van der Waals surface area contributed by atoms with Gasteiger partial charge in [-0.05, 0) is 39.3 Å². The molecule has 0 fully saturated rings. The van der Waals surface area contributed by atoms with Gasteiger partial charge in [0.15, 0.2) is 5.84 Å². The molecule has 0 aromatic heterocycles. The number of rotatable bonds is 4. The summed E-state index contributed by atoms with van der Waals surface area (Å²) in [7, 11) is 0. The summed E-state index contributed by atoms with van der Waals surface area (Å²) in [6.45, 7) is 8.01. The lowest BCUT2D eigenvalue weighted by molar-refractivity contribution is 0.105. The van der Waals surface area contributed by atoms with Crippen molar-refractivity contribution in [2.24, 2.45) is 10.9 Å². The Morgan fingerprint density at radius 3 is 2.65 bits per heavy atom. The SMILES string of the molecule is CCC(C)(C)Oc1ccc(C)cc1/C(N)=N/O. The van der Waals surface area contributed by atoms with Gasteiger partial charge in [-0.1, -0.05) is 23.7 Å². The van der Waals surface area contributed by atoms with Crippen LogP contribution in [0.5, 0.6) is 5.75 Å². The normalized spacial score (nSPS) is 12.6. The maximum atomic E-state index is 8.77. The van der Waals surface area contributed by atoms with E-state index in [0.717, 1.165) is 12.0 Å². The molecule has 1 aromatic carbocycles. The minimum atomic E-state index is -0.278. The summed E-state index contributed by atoms with van der Waals surface area (Å²) >= 11 is 0. The van der Waals surface area contributed by atoms with Crippen molar-refractivity contribution in [3.05, 3.63) is 29.3 Å². The largest absolute Gasteiger partial charge is 0.487 e. The van der Waals surface area contributed by atoms with Crippen molar-refractivity contribution in [2.45, 2.75) is 39.7 Å². The molecule has 3 N–H and O–H groups in total. The van der Waals surface area contributed by atoms with E-state index in [-0.39, 0.29) is 11.4 Å². The van der Waals surface area contributed by atoms with E-state index >= 15 is 0 Å². The van der Waals surface area contributed by atoms with Crippen LogP contribution in [0.2, 0.25) is 0 Å². The molecule has 0 unspecified atom stereocenters. The van der Waals surface area contributed by atoms with Gasteiger partial charge in [0.05, 0.1) is 5.56 Å². The topological polar surface area (TPSA) is 67.8 Å². The van der Waals surface area contributed by atoms with Crippen molar-refractivity contribution in [2.75, 3.05) is 0 Å². The van der Waals surface area contributed by atoms with Gasteiger partial charge in [0.25, 0.3) is 0 Å². The molecule has 0 radical (unpaired) electrons. The smallest absolute Gasteiger partial charge is 0.173 e. The van der Waals surface area contributed by atoms with Crippen LogP contribution in [-0.2, 0) is 0 Å². The van der Waals surface area contributed by atoms with Crippen LogP contribution in [0, 0.1) is 6.92 Å². The predicted octanol–water partition coefficient (Wildman–Crippen LogP) is 2.66. The zero-order valence-electron chi connectivity index (χ0n) is 10.8. The molecule has 4 heteroatoms. The number of nitrogens with zero attached hydrogens (tertiary/aromatic N) is 1. The van der Waals surface area contributed by atoms with Gasteiger partial charge in [-0.3, -0.25) is 0 Å². The second-order valence-corrected chi connectivity index (χ2v) is 4.70.